The maximum Gasteiger partial charge on any atom is 0.164 e. The van der Waals surface area contributed by atoms with E-state index in [0.29, 0.717) is 6.04 Å². The van der Waals surface area contributed by atoms with Gasteiger partial charge in [0.1, 0.15) is 0 Å². The Morgan fingerprint density at radius 3 is 2.74 bits per heavy atom. The molecule has 1 aliphatic heterocycles. The first kappa shape index (κ1) is 14.2. The lowest BCUT2D eigenvalue weighted by Gasteiger charge is -2.29. The van der Waals surface area contributed by atoms with Crippen molar-refractivity contribution in [3.05, 3.63) is 23.3 Å². The van der Waals surface area contributed by atoms with Crippen LogP contribution >= 0.6 is 0 Å². The summed E-state index contributed by atoms with van der Waals surface area (Å²) in [6, 6.07) is 4.49. The normalized spacial score (nSPS) is 18.3. The van der Waals surface area contributed by atoms with Crippen molar-refractivity contribution in [2.45, 2.75) is 32.4 Å². The molecule has 4 nitrogen and oxygen atoms in total. The fourth-order valence-corrected chi connectivity index (χ4v) is 2.47. The molecule has 0 amide bonds. The largest absolute Gasteiger partial charge is 0.493 e. The molecule has 0 saturated carbocycles. The van der Waals surface area contributed by atoms with Crippen LogP contribution in [0.25, 0.3) is 0 Å². The second-order valence-electron chi connectivity index (χ2n) is 5.04. The Balaban J connectivity index is 2.29. The topological polar surface area (TPSA) is 39.7 Å². The van der Waals surface area contributed by atoms with Crippen LogP contribution in [0, 0.1) is 0 Å². The first-order chi connectivity index (χ1) is 9.17. The van der Waals surface area contributed by atoms with Crippen molar-refractivity contribution in [2.75, 3.05) is 27.4 Å². The Morgan fingerprint density at radius 2 is 2.11 bits per heavy atom. The fraction of sp³-hybridized carbons (Fsp3) is 0.600. The average molecular weight is 265 g/mol. The van der Waals surface area contributed by atoms with E-state index in [1.807, 2.05) is 6.07 Å². The summed E-state index contributed by atoms with van der Waals surface area (Å²) in [5.41, 5.74) is 2.42. The maximum atomic E-state index is 5.87. The second-order valence-corrected chi connectivity index (χ2v) is 5.04. The molecule has 0 bridgehead atoms. The number of ether oxygens (including phenoxy) is 3. The molecule has 1 heterocycles. The van der Waals surface area contributed by atoms with E-state index in [0.717, 1.165) is 31.1 Å². The molecular weight excluding hydrogens is 242 g/mol. The number of hydrogen-bond donors (Lipinski definition) is 1. The lowest BCUT2D eigenvalue weighted by atomic mass is 9.95. The summed E-state index contributed by atoms with van der Waals surface area (Å²) in [6.07, 6.45) is 0.958. The minimum atomic E-state index is 0.0888. The third-order valence-electron chi connectivity index (χ3n) is 3.41. The minimum absolute atomic E-state index is 0.0888. The summed E-state index contributed by atoms with van der Waals surface area (Å²) in [5, 5.41) is 3.43. The summed E-state index contributed by atoms with van der Waals surface area (Å²) in [4.78, 5) is 0. The summed E-state index contributed by atoms with van der Waals surface area (Å²) < 4.78 is 16.7. The van der Waals surface area contributed by atoms with Crippen LogP contribution in [0.15, 0.2) is 12.1 Å². The van der Waals surface area contributed by atoms with Crippen LogP contribution < -0.4 is 14.8 Å². The van der Waals surface area contributed by atoms with Crippen molar-refractivity contribution in [1.29, 1.82) is 0 Å². The molecule has 19 heavy (non-hydrogen) atoms. The molecule has 0 aliphatic carbocycles. The van der Waals surface area contributed by atoms with Crippen molar-refractivity contribution in [1.82, 2.24) is 5.32 Å². The molecule has 1 aliphatic rings. The quantitative estimate of drug-likeness (QED) is 0.887. The van der Waals surface area contributed by atoms with E-state index in [1.165, 1.54) is 11.1 Å². The van der Waals surface area contributed by atoms with E-state index < -0.39 is 0 Å². The van der Waals surface area contributed by atoms with Crippen LogP contribution in [0.4, 0.5) is 0 Å². The molecule has 1 N–H and O–H groups in total. The fourth-order valence-electron chi connectivity index (χ4n) is 2.47. The second kappa shape index (κ2) is 6.26. The number of fused-ring (bicyclic) bond motifs is 1. The van der Waals surface area contributed by atoms with Crippen LogP contribution in [0.5, 0.6) is 11.5 Å². The average Bonchev–Trinajstić information content (AvgIpc) is 2.43. The van der Waals surface area contributed by atoms with Gasteiger partial charge in [-0.25, -0.2) is 0 Å². The van der Waals surface area contributed by atoms with E-state index >= 15 is 0 Å². The minimum Gasteiger partial charge on any atom is -0.493 e. The van der Waals surface area contributed by atoms with Crippen molar-refractivity contribution < 1.29 is 14.2 Å². The van der Waals surface area contributed by atoms with Crippen LogP contribution in [-0.4, -0.2) is 33.4 Å². The number of rotatable bonds is 5. The van der Waals surface area contributed by atoms with Gasteiger partial charge in [-0.3, -0.25) is 0 Å². The monoisotopic (exact) mass is 265 g/mol. The molecule has 1 aromatic carbocycles. The summed E-state index contributed by atoms with van der Waals surface area (Å²) in [7, 11) is 3.36. The summed E-state index contributed by atoms with van der Waals surface area (Å²) in [5.74, 6) is 1.64. The molecule has 0 spiro atoms. The Kier molecular flexibility index (Phi) is 4.66. The molecule has 2 rings (SSSR count). The highest BCUT2D eigenvalue weighted by molar-refractivity contribution is 5.52. The standard InChI is InChI=1S/C15H23NO3/c1-10(2)16-9-14-11-5-6-13(17-3)15(18-4)12(11)7-8-19-14/h5-6,10,14,16H,7-9H2,1-4H3/t14-/m1/s1. The van der Waals surface area contributed by atoms with Gasteiger partial charge in [-0.2, -0.15) is 0 Å². The lowest BCUT2D eigenvalue weighted by molar-refractivity contribution is 0.0404. The van der Waals surface area contributed by atoms with Crippen LogP contribution in [-0.2, 0) is 11.2 Å². The molecule has 0 fully saturated rings. The number of benzene rings is 1. The summed E-state index contributed by atoms with van der Waals surface area (Å²) in [6.45, 7) is 5.82. The smallest absolute Gasteiger partial charge is 0.164 e. The van der Waals surface area contributed by atoms with Crippen molar-refractivity contribution in [3.63, 3.8) is 0 Å². The molecule has 106 valence electrons. The highest BCUT2D eigenvalue weighted by atomic mass is 16.5. The lowest BCUT2D eigenvalue weighted by Crippen LogP contribution is -2.31. The molecule has 0 unspecified atom stereocenters. The van der Waals surface area contributed by atoms with Gasteiger partial charge in [0.15, 0.2) is 11.5 Å². The molecular formula is C15H23NO3. The Bertz CT molecular complexity index is 432. The van der Waals surface area contributed by atoms with Gasteiger partial charge in [0.05, 0.1) is 26.9 Å². The highest BCUT2D eigenvalue weighted by Gasteiger charge is 2.25. The molecule has 0 saturated heterocycles. The van der Waals surface area contributed by atoms with E-state index in [4.69, 9.17) is 14.2 Å². The SMILES string of the molecule is COc1ccc2c(c1OC)CCO[C@@H]2CNC(C)C. The Hall–Kier alpha value is -1.26. The van der Waals surface area contributed by atoms with E-state index in [-0.39, 0.29) is 6.10 Å². The molecule has 1 aromatic rings. The van der Waals surface area contributed by atoms with Crippen molar-refractivity contribution >= 4 is 0 Å². The Morgan fingerprint density at radius 1 is 1.32 bits per heavy atom. The number of methoxy groups -OCH3 is 2. The predicted molar refractivity (Wildman–Crippen MR) is 75.1 cm³/mol. The zero-order valence-electron chi connectivity index (χ0n) is 12.2. The van der Waals surface area contributed by atoms with Crippen LogP contribution in [0.3, 0.4) is 0 Å². The van der Waals surface area contributed by atoms with Gasteiger partial charge < -0.3 is 19.5 Å². The van der Waals surface area contributed by atoms with Crippen LogP contribution in [0.2, 0.25) is 0 Å². The Labute approximate surface area is 115 Å². The molecule has 0 aromatic heterocycles. The molecule has 4 heteroatoms. The first-order valence-electron chi connectivity index (χ1n) is 6.76. The van der Waals surface area contributed by atoms with Gasteiger partial charge in [-0.15, -0.1) is 0 Å². The third-order valence-corrected chi connectivity index (χ3v) is 3.41. The zero-order valence-corrected chi connectivity index (χ0v) is 12.2. The van der Waals surface area contributed by atoms with Gasteiger partial charge in [0, 0.05) is 18.2 Å². The molecule has 0 radical (unpaired) electrons. The van der Waals surface area contributed by atoms with Gasteiger partial charge in [-0.05, 0) is 18.1 Å². The van der Waals surface area contributed by atoms with Crippen molar-refractivity contribution in [3.8, 4) is 11.5 Å². The van der Waals surface area contributed by atoms with E-state index in [2.05, 4.69) is 25.2 Å². The number of hydrogen-bond acceptors (Lipinski definition) is 4. The van der Waals surface area contributed by atoms with Crippen LogP contribution in [0.1, 0.15) is 31.1 Å². The third kappa shape index (κ3) is 3.01. The zero-order chi connectivity index (χ0) is 13.8. The number of nitrogens with one attached hydrogen (secondary N) is 1. The van der Waals surface area contributed by atoms with Gasteiger partial charge >= 0.3 is 0 Å². The van der Waals surface area contributed by atoms with E-state index in [1.54, 1.807) is 14.2 Å². The van der Waals surface area contributed by atoms with Gasteiger partial charge in [0.25, 0.3) is 0 Å². The van der Waals surface area contributed by atoms with E-state index in [9.17, 15) is 0 Å². The van der Waals surface area contributed by atoms with Crippen molar-refractivity contribution in [2.24, 2.45) is 0 Å². The molecule has 1 atom stereocenters. The summed E-state index contributed by atoms with van der Waals surface area (Å²) >= 11 is 0. The van der Waals surface area contributed by atoms with Gasteiger partial charge in [0.2, 0.25) is 0 Å². The van der Waals surface area contributed by atoms with Gasteiger partial charge in [-0.1, -0.05) is 19.9 Å². The first-order valence-corrected chi connectivity index (χ1v) is 6.76. The highest BCUT2D eigenvalue weighted by Crippen LogP contribution is 2.39. The predicted octanol–water partition coefficient (Wildman–Crippen LogP) is 2.32. The maximum absolute atomic E-state index is 5.87.